The quantitative estimate of drug-likeness (QED) is 0.902. The Morgan fingerprint density at radius 3 is 2.48 bits per heavy atom. The van der Waals surface area contributed by atoms with Crippen LogP contribution in [0.2, 0.25) is 0 Å². The number of piperazine rings is 1. The van der Waals surface area contributed by atoms with Crippen molar-refractivity contribution >= 4 is 5.97 Å². The number of halogens is 1. The molecule has 0 atom stereocenters. The second-order valence-corrected chi connectivity index (χ2v) is 6.13. The van der Waals surface area contributed by atoms with Gasteiger partial charge in [-0.1, -0.05) is 0 Å². The first-order chi connectivity index (χ1) is 10.1. The second-order valence-electron chi connectivity index (χ2n) is 6.13. The van der Waals surface area contributed by atoms with Crippen LogP contribution in [0.15, 0.2) is 18.2 Å². The zero-order valence-electron chi connectivity index (χ0n) is 12.1. The Kier molecular flexibility index (Phi) is 4.22. The summed E-state index contributed by atoms with van der Waals surface area (Å²) in [7, 11) is 0. The molecule has 1 heterocycles. The maximum absolute atomic E-state index is 13.4. The van der Waals surface area contributed by atoms with Gasteiger partial charge in [-0.25, -0.2) is 9.18 Å². The zero-order chi connectivity index (χ0) is 14.8. The van der Waals surface area contributed by atoms with Gasteiger partial charge in [0.15, 0.2) is 0 Å². The predicted molar refractivity (Wildman–Crippen MR) is 77.8 cm³/mol. The molecular formula is C16H21FN2O2. The Morgan fingerprint density at radius 2 is 1.86 bits per heavy atom. The van der Waals surface area contributed by atoms with E-state index in [0.29, 0.717) is 12.1 Å². The van der Waals surface area contributed by atoms with Crippen LogP contribution in [0, 0.1) is 11.7 Å². The first-order valence-electron chi connectivity index (χ1n) is 7.58. The average molecular weight is 292 g/mol. The molecule has 0 radical (unpaired) electrons. The molecule has 1 aromatic carbocycles. The standard InChI is InChI=1S/C16H21FN2O2/c17-14-3-4-15(16(20)21)13(9-14)11-19-7-5-18(6-8-19)10-12-1-2-12/h3-4,9,12H,1-2,5-8,10-11H2,(H,20,21). The molecule has 0 unspecified atom stereocenters. The van der Waals surface area contributed by atoms with Crippen LogP contribution >= 0.6 is 0 Å². The van der Waals surface area contributed by atoms with Crippen molar-refractivity contribution in [1.29, 1.82) is 0 Å². The van der Waals surface area contributed by atoms with Gasteiger partial charge in [0.05, 0.1) is 5.56 Å². The van der Waals surface area contributed by atoms with Gasteiger partial charge < -0.3 is 10.0 Å². The topological polar surface area (TPSA) is 43.8 Å². The monoisotopic (exact) mass is 292 g/mol. The fourth-order valence-electron chi connectivity index (χ4n) is 2.94. The number of carbonyl (C=O) groups is 1. The lowest BCUT2D eigenvalue weighted by atomic mass is 10.1. The minimum absolute atomic E-state index is 0.205. The molecule has 114 valence electrons. The summed E-state index contributed by atoms with van der Waals surface area (Å²) in [5.41, 5.74) is 0.773. The van der Waals surface area contributed by atoms with E-state index in [1.54, 1.807) is 0 Å². The van der Waals surface area contributed by atoms with E-state index in [9.17, 15) is 14.3 Å². The van der Waals surface area contributed by atoms with Crippen LogP contribution in [0.25, 0.3) is 0 Å². The molecule has 21 heavy (non-hydrogen) atoms. The third-order valence-corrected chi connectivity index (χ3v) is 4.37. The molecule has 5 heteroatoms. The number of carboxylic acids is 1. The summed E-state index contributed by atoms with van der Waals surface area (Å²) in [6.07, 6.45) is 2.73. The van der Waals surface area contributed by atoms with Crippen LogP contribution in [0.3, 0.4) is 0 Å². The van der Waals surface area contributed by atoms with Crippen LogP contribution in [-0.2, 0) is 6.54 Å². The van der Waals surface area contributed by atoms with E-state index >= 15 is 0 Å². The van der Waals surface area contributed by atoms with Crippen molar-refractivity contribution in [2.45, 2.75) is 19.4 Å². The van der Waals surface area contributed by atoms with Crippen LogP contribution in [0.5, 0.6) is 0 Å². The molecule has 0 spiro atoms. The normalized spacial score (nSPS) is 20.6. The molecule has 1 N–H and O–H groups in total. The van der Waals surface area contributed by atoms with E-state index in [2.05, 4.69) is 9.80 Å². The lowest BCUT2D eigenvalue weighted by molar-refractivity contribution is 0.0692. The van der Waals surface area contributed by atoms with E-state index in [1.807, 2.05) is 0 Å². The fraction of sp³-hybridized carbons (Fsp3) is 0.562. The highest BCUT2D eigenvalue weighted by Crippen LogP contribution is 2.30. The maximum atomic E-state index is 13.4. The molecular weight excluding hydrogens is 271 g/mol. The number of hydrogen-bond donors (Lipinski definition) is 1. The molecule has 1 aliphatic heterocycles. The average Bonchev–Trinajstić information content (AvgIpc) is 3.25. The fourth-order valence-corrected chi connectivity index (χ4v) is 2.94. The molecule has 2 fully saturated rings. The highest BCUT2D eigenvalue weighted by Gasteiger charge is 2.26. The van der Waals surface area contributed by atoms with Crippen molar-refractivity contribution in [1.82, 2.24) is 9.80 Å². The summed E-state index contributed by atoms with van der Waals surface area (Å²) in [6.45, 7) is 5.60. The van der Waals surface area contributed by atoms with Crippen molar-refractivity contribution < 1.29 is 14.3 Å². The second kappa shape index (κ2) is 6.12. The molecule has 4 nitrogen and oxygen atoms in total. The number of carboxylic acid groups (broad SMARTS) is 1. The third-order valence-electron chi connectivity index (χ3n) is 4.37. The summed E-state index contributed by atoms with van der Waals surface area (Å²) < 4.78 is 13.4. The van der Waals surface area contributed by atoms with E-state index in [1.165, 1.54) is 37.6 Å². The number of rotatable bonds is 5. The van der Waals surface area contributed by atoms with Gasteiger partial charge >= 0.3 is 5.97 Å². The summed E-state index contributed by atoms with van der Waals surface area (Å²) in [5, 5.41) is 9.18. The van der Waals surface area contributed by atoms with E-state index in [4.69, 9.17) is 0 Å². The van der Waals surface area contributed by atoms with Crippen LogP contribution < -0.4 is 0 Å². The SMILES string of the molecule is O=C(O)c1ccc(F)cc1CN1CCN(CC2CC2)CC1. The molecule has 0 bridgehead atoms. The highest BCUT2D eigenvalue weighted by atomic mass is 19.1. The lowest BCUT2D eigenvalue weighted by Gasteiger charge is -2.35. The molecule has 1 aromatic rings. The molecule has 3 rings (SSSR count). The molecule has 1 saturated heterocycles. The first-order valence-corrected chi connectivity index (χ1v) is 7.58. The van der Waals surface area contributed by atoms with Crippen molar-refractivity contribution in [3.05, 3.63) is 35.1 Å². The van der Waals surface area contributed by atoms with Gasteiger partial charge in [-0.05, 0) is 42.5 Å². The molecule has 2 aliphatic rings. The van der Waals surface area contributed by atoms with Crippen molar-refractivity contribution in [3.63, 3.8) is 0 Å². The number of nitrogens with zero attached hydrogens (tertiary/aromatic N) is 2. The minimum Gasteiger partial charge on any atom is -0.478 e. The van der Waals surface area contributed by atoms with Gasteiger partial charge in [-0.2, -0.15) is 0 Å². The summed E-state index contributed by atoms with van der Waals surface area (Å²) in [5.74, 6) is -0.460. The minimum atomic E-state index is -0.989. The zero-order valence-corrected chi connectivity index (χ0v) is 12.1. The molecule has 1 saturated carbocycles. The third kappa shape index (κ3) is 3.80. The van der Waals surface area contributed by atoms with Gasteiger partial charge in [0.2, 0.25) is 0 Å². The summed E-state index contributed by atoms with van der Waals surface area (Å²) in [4.78, 5) is 15.9. The van der Waals surface area contributed by atoms with Crippen molar-refractivity contribution in [2.24, 2.45) is 5.92 Å². The van der Waals surface area contributed by atoms with Gasteiger partial charge in [0.1, 0.15) is 5.82 Å². The van der Waals surface area contributed by atoms with Crippen molar-refractivity contribution in [3.8, 4) is 0 Å². The van der Waals surface area contributed by atoms with Crippen LogP contribution in [0.1, 0.15) is 28.8 Å². The van der Waals surface area contributed by atoms with E-state index in [0.717, 1.165) is 32.1 Å². The Balaban J connectivity index is 1.59. The van der Waals surface area contributed by atoms with Crippen LogP contribution in [-0.4, -0.2) is 53.6 Å². The lowest BCUT2D eigenvalue weighted by Crippen LogP contribution is -2.46. The Morgan fingerprint density at radius 1 is 1.19 bits per heavy atom. The first kappa shape index (κ1) is 14.5. The summed E-state index contributed by atoms with van der Waals surface area (Å²) >= 11 is 0. The number of benzene rings is 1. The number of aromatic carboxylic acids is 1. The molecule has 0 amide bonds. The predicted octanol–water partition coefficient (Wildman–Crippen LogP) is 2.05. The van der Waals surface area contributed by atoms with Crippen molar-refractivity contribution in [2.75, 3.05) is 32.7 Å². The Hall–Kier alpha value is -1.46. The maximum Gasteiger partial charge on any atom is 0.336 e. The van der Waals surface area contributed by atoms with Gasteiger partial charge in [-0.3, -0.25) is 4.90 Å². The largest absolute Gasteiger partial charge is 0.478 e. The molecule has 0 aromatic heterocycles. The summed E-state index contributed by atoms with van der Waals surface area (Å²) in [6, 6.07) is 3.91. The van der Waals surface area contributed by atoms with Gasteiger partial charge in [0, 0.05) is 39.3 Å². The van der Waals surface area contributed by atoms with E-state index < -0.39 is 5.97 Å². The van der Waals surface area contributed by atoms with Crippen LogP contribution in [0.4, 0.5) is 4.39 Å². The van der Waals surface area contributed by atoms with Gasteiger partial charge in [0.25, 0.3) is 0 Å². The Bertz CT molecular complexity index is 523. The number of hydrogen-bond acceptors (Lipinski definition) is 3. The van der Waals surface area contributed by atoms with E-state index in [-0.39, 0.29) is 11.4 Å². The van der Waals surface area contributed by atoms with Gasteiger partial charge in [-0.15, -0.1) is 0 Å². The highest BCUT2D eigenvalue weighted by molar-refractivity contribution is 5.89. The smallest absolute Gasteiger partial charge is 0.336 e. The molecule has 1 aliphatic carbocycles. The Labute approximate surface area is 124 Å².